The SMILES string of the molecule is CC(C)Oc1ccccc1CNc1cn[nH]c1. The van der Waals surface area contributed by atoms with Crippen LogP contribution in [0.5, 0.6) is 5.75 Å². The maximum Gasteiger partial charge on any atom is 0.124 e. The van der Waals surface area contributed by atoms with Crippen LogP contribution in [0.1, 0.15) is 19.4 Å². The number of hydrogen-bond donors (Lipinski definition) is 2. The van der Waals surface area contributed by atoms with Crippen molar-refractivity contribution < 1.29 is 4.74 Å². The minimum Gasteiger partial charge on any atom is -0.491 e. The van der Waals surface area contributed by atoms with Gasteiger partial charge in [-0.25, -0.2) is 0 Å². The summed E-state index contributed by atoms with van der Waals surface area (Å²) in [6.45, 7) is 4.78. The van der Waals surface area contributed by atoms with Crippen LogP contribution in [-0.4, -0.2) is 16.3 Å². The maximum atomic E-state index is 5.75. The van der Waals surface area contributed by atoms with Gasteiger partial charge in [0.2, 0.25) is 0 Å². The standard InChI is InChI=1S/C13H17N3O/c1-10(2)17-13-6-4-3-5-11(13)7-14-12-8-15-16-9-12/h3-6,8-10,14H,7H2,1-2H3,(H,15,16). The Morgan fingerprint density at radius 2 is 2.18 bits per heavy atom. The molecule has 0 aliphatic heterocycles. The fourth-order valence-electron chi connectivity index (χ4n) is 1.56. The Labute approximate surface area is 101 Å². The number of nitrogens with one attached hydrogen (secondary N) is 2. The summed E-state index contributed by atoms with van der Waals surface area (Å²) in [7, 11) is 0. The molecule has 1 aromatic heterocycles. The molecule has 4 nitrogen and oxygen atoms in total. The number of H-pyrrole nitrogens is 1. The van der Waals surface area contributed by atoms with Crippen molar-refractivity contribution in [2.24, 2.45) is 0 Å². The number of para-hydroxylation sites is 1. The van der Waals surface area contributed by atoms with E-state index >= 15 is 0 Å². The van der Waals surface area contributed by atoms with Crippen LogP contribution in [0.15, 0.2) is 36.7 Å². The first-order chi connectivity index (χ1) is 8.25. The molecule has 0 spiro atoms. The molecule has 0 aliphatic carbocycles. The van der Waals surface area contributed by atoms with Gasteiger partial charge < -0.3 is 10.1 Å². The van der Waals surface area contributed by atoms with Crippen molar-refractivity contribution in [2.75, 3.05) is 5.32 Å². The minimum absolute atomic E-state index is 0.185. The number of benzene rings is 1. The van der Waals surface area contributed by atoms with Gasteiger partial charge in [-0.15, -0.1) is 0 Å². The molecule has 0 fully saturated rings. The van der Waals surface area contributed by atoms with Crippen LogP contribution in [0, 0.1) is 0 Å². The largest absolute Gasteiger partial charge is 0.491 e. The van der Waals surface area contributed by atoms with E-state index < -0.39 is 0 Å². The molecular weight excluding hydrogens is 214 g/mol. The first kappa shape index (κ1) is 11.5. The summed E-state index contributed by atoms with van der Waals surface area (Å²) < 4.78 is 5.75. The van der Waals surface area contributed by atoms with Gasteiger partial charge >= 0.3 is 0 Å². The second-order valence-corrected chi connectivity index (χ2v) is 4.11. The Hall–Kier alpha value is -1.97. The summed E-state index contributed by atoms with van der Waals surface area (Å²) in [5, 5.41) is 9.94. The Kier molecular flexibility index (Phi) is 3.65. The van der Waals surface area contributed by atoms with Gasteiger partial charge in [0, 0.05) is 18.3 Å². The van der Waals surface area contributed by atoms with E-state index in [9.17, 15) is 0 Å². The van der Waals surface area contributed by atoms with E-state index in [-0.39, 0.29) is 6.10 Å². The molecule has 17 heavy (non-hydrogen) atoms. The molecule has 1 aromatic carbocycles. The number of aromatic amines is 1. The lowest BCUT2D eigenvalue weighted by atomic mass is 10.2. The minimum atomic E-state index is 0.185. The molecule has 0 amide bonds. The van der Waals surface area contributed by atoms with Crippen LogP contribution in [0.3, 0.4) is 0 Å². The second kappa shape index (κ2) is 5.39. The number of anilines is 1. The smallest absolute Gasteiger partial charge is 0.124 e. The molecule has 2 aromatic rings. The zero-order chi connectivity index (χ0) is 12.1. The second-order valence-electron chi connectivity index (χ2n) is 4.11. The molecule has 0 unspecified atom stereocenters. The Morgan fingerprint density at radius 3 is 2.88 bits per heavy atom. The summed E-state index contributed by atoms with van der Waals surface area (Å²) in [6.07, 6.45) is 3.77. The van der Waals surface area contributed by atoms with Crippen molar-refractivity contribution >= 4 is 5.69 Å². The predicted molar refractivity (Wildman–Crippen MR) is 68.1 cm³/mol. The molecule has 4 heteroatoms. The summed E-state index contributed by atoms with van der Waals surface area (Å²) in [4.78, 5) is 0. The lowest BCUT2D eigenvalue weighted by Crippen LogP contribution is -2.09. The number of ether oxygens (including phenoxy) is 1. The molecule has 90 valence electrons. The molecule has 2 rings (SSSR count). The summed E-state index contributed by atoms with van der Waals surface area (Å²) in [6, 6.07) is 8.05. The Bertz CT molecular complexity index is 451. The van der Waals surface area contributed by atoms with Gasteiger partial charge in [0.05, 0.1) is 18.0 Å². The van der Waals surface area contributed by atoms with Gasteiger partial charge in [-0.2, -0.15) is 5.10 Å². The van der Waals surface area contributed by atoms with Crippen molar-refractivity contribution in [1.29, 1.82) is 0 Å². The van der Waals surface area contributed by atoms with E-state index in [4.69, 9.17) is 4.74 Å². The number of aromatic nitrogens is 2. The number of nitrogens with zero attached hydrogens (tertiary/aromatic N) is 1. The van der Waals surface area contributed by atoms with Crippen molar-refractivity contribution in [3.8, 4) is 5.75 Å². The zero-order valence-electron chi connectivity index (χ0n) is 10.1. The highest BCUT2D eigenvalue weighted by atomic mass is 16.5. The van der Waals surface area contributed by atoms with Gasteiger partial charge in [0.25, 0.3) is 0 Å². The Morgan fingerprint density at radius 1 is 1.35 bits per heavy atom. The van der Waals surface area contributed by atoms with E-state index in [1.54, 1.807) is 6.20 Å². The topological polar surface area (TPSA) is 49.9 Å². The third-order valence-corrected chi connectivity index (χ3v) is 2.32. The lowest BCUT2D eigenvalue weighted by molar-refractivity contribution is 0.240. The molecule has 0 aliphatic rings. The van der Waals surface area contributed by atoms with Gasteiger partial charge in [-0.05, 0) is 19.9 Å². The van der Waals surface area contributed by atoms with Crippen molar-refractivity contribution in [2.45, 2.75) is 26.5 Å². The van der Waals surface area contributed by atoms with Crippen LogP contribution in [-0.2, 0) is 6.54 Å². The lowest BCUT2D eigenvalue weighted by Gasteiger charge is -2.14. The fourth-order valence-corrected chi connectivity index (χ4v) is 1.56. The van der Waals surface area contributed by atoms with E-state index in [1.165, 1.54) is 0 Å². The quantitative estimate of drug-likeness (QED) is 0.832. The number of rotatable bonds is 5. The highest BCUT2D eigenvalue weighted by molar-refractivity contribution is 5.41. The van der Waals surface area contributed by atoms with Crippen LogP contribution >= 0.6 is 0 Å². The highest BCUT2D eigenvalue weighted by Gasteiger charge is 2.04. The van der Waals surface area contributed by atoms with Crippen molar-refractivity contribution in [3.05, 3.63) is 42.2 Å². The van der Waals surface area contributed by atoms with E-state index in [1.807, 2.05) is 38.2 Å². The first-order valence-electron chi connectivity index (χ1n) is 5.73. The molecule has 1 heterocycles. The normalized spacial score (nSPS) is 10.5. The van der Waals surface area contributed by atoms with Gasteiger partial charge in [0.1, 0.15) is 5.75 Å². The van der Waals surface area contributed by atoms with Crippen molar-refractivity contribution in [1.82, 2.24) is 10.2 Å². The highest BCUT2D eigenvalue weighted by Crippen LogP contribution is 2.20. The fraction of sp³-hybridized carbons (Fsp3) is 0.308. The van der Waals surface area contributed by atoms with Crippen LogP contribution in [0.25, 0.3) is 0 Å². The Balaban J connectivity index is 2.04. The third kappa shape index (κ3) is 3.24. The maximum absolute atomic E-state index is 5.75. The van der Waals surface area contributed by atoms with Gasteiger partial charge in [0.15, 0.2) is 0 Å². The average molecular weight is 231 g/mol. The zero-order valence-corrected chi connectivity index (χ0v) is 10.1. The molecule has 0 atom stereocenters. The molecular formula is C13H17N3O. The number of hydrogen-bond acceptors (Lipinski definition) is 3. The summed E-state index contributed by atoms with van der Waals surface area (Å²) in [5.41, 5.74) is 2.12. The van der Waals surface area contributed by atoms with Crippen LogP contribution < -0.4 is 10.1 Å². The van der Waals surface area contributed by atoms with Crippen molar-refractivity contribution in [3.63, 3.8) is 0 Å². The summed E-state index contributed by atoms with van der Waals surface area (Å²) in [5.74, 6) is 0.929. The molecule has 2 N–H and O–H groups in total. The first-order valence-corrected chi connectivity index (χ1v) is 5.73. The molecule has 0 radical (unpaired) electrons. The van der Waals surface area contributed by atoms with E-state index in [0.29, 0.717) is 0 Å². The molecule has 0 saturated heterocycles. The third-order valence-electron chi connectivity index (χ3n) is 2.32. The van der Waals surface area contributed by atoms with E-state index in [2.05, 4.69) is 21.6 Å². The molecule has 0 saturated carbocycles. The van der Waals surface area contributed by atoms with Gasteiger partial charge in [-0.1, -0.05) is 18.2 Å². The summed E-state index contributed by atoms with van der Waals surface area (Å²) >= 11 is 0. The predicted octanol–water partition coefficient (Wildman–Crippen LogP) is 2.81. The van der Waals surface area contributed by atoms with Crippen LogP contribution in [0.4, 0.5) is 5.69 Å². The molecule has 0 bridgehead atoms. The van der Waals surface area contributed by atoms with E-state index in [0.717, 1.165) is 23.5 Å². The average Bonchev–Trinajstić information content (AvgIpc) is 2.80. The van der Waals surface area contributed by atoms with Crippen LogP contribution in [0.2, 0.25) is 0 Å². The van der Waals surface area contributed by atoms with Gasteiger partial charge in [-0.3, -0.25) is 5.10 Å². The monoisotopic (exact) mass is 231 g/mol.